The predicted octanol–water partition coefficient (Wildman–Crippen LogP) is 3.07. The van der Waals surface area contributed by atoms with Crippen molar-refractivity contribution in [3.05, 3.63) is 30.1 Å². The van der Waals surface area contributed by atoms with Gasteiger partial charge < -0.3 is 20.3 Å². The first-order chi connectivity index (χ1) is 13.1. The van der Waals surface area contributed by atoms with Crippen LogP contribution in [0, 0.1) is 5.92 Å². The molecule has 0 aliphatic rings. The topological polar surface area (TPSA) is 78.9 Å². The summed E-state index contributed by atoms with van der Waals surface area (Å²) in [6, 6.07) is 5.96. The standard InChI is InChI=1S/C21H37N5O2/c1-16(2)18(25-20(27)28-21(3,4)5)12-15-26(7)19(22-6)24-14-11-17-10-8-9-13-23-17/h8-10,13,16,18H,11-12,14-15H2,1-7H3,(H,22,24)(H,25,27). The van der Waals surface area contributed by atoms with Crippen LogP contribution in [0.15, 0.2) is 29.4 Å². The van der Waals surface area contributed by atoms with E-state index in [9.17, 15) is 4.79 Å². The fourth-order valence-corrected chi connectivity index (χ4v) is 2.70. The van der Waals surface area contributed by atoms with E-state index in [1.807, 2.05) is 46.0 Å². The van der Waals surface area contributed by atoms with Crippen LogP contribution in [0.3, 0.4) is 0 Å². The van der Waals surface area contributed by atoms with Crippen molar-refractivity contribution in [2.75, 3.05) is 27.2 Å². The van der Waals surface area contributed by atoms with E-state index in [4.69, 9.17) is 4.74 Å². The van der Waals surface area contributed by atoms with Crippen molar-refractivity contribution in [3.8, 4) is 0 Å². The molecule has 28 heavy (non-hydrogen) atoms. The average molecular weight is 392 g/mol. The van der Waals surface area contributed by atoms with Crippen LogP contribution in [0.25, 0.3) is 0 Å². The zero-order valence-corrected chi connectivity index (χ0v) is 18.5. The lowest BCUT2D eigenvalue weighted by Gasteiger charge is -2.28. The molecule has 0 spiro atoms. The van der Waals surface area contributed by atoms with Crippen LogP contribution in [-0.2, 0) is 11.2 Å². The smallest absolute Gasteiger partial charge is 0.407 e. The number of ether oxygens (including phenoxy) is 1. The lowest BCUT2D eigenvalue weighted by atomic mass is 10.0. The number of carbonyl (C=O) groups excluding carboxylic acids is 1. The largest absolute Gasteiger partial charge is 0.444 e. The third-order valence-electron chi connectivity index (χ3n) is 4.25. The number of nitrogens with zero attached hydrogens (tertiary/aromatic N) is 3. The van der Waals surface area contributed by atoms with Gasteiger partial charge in [0.1, 0.15) is 5.60 Å². The maximum atomic E-state index is 12.1. The second-order valence-corrected chi connectivity index (χ2v) is 8.25. The number of pyridine rings is 1. The van der Waals surface area contributed by atoms with Gasteiger partial charge in [-0.15, -0.1) is 0 Å². The van der Waals surface area contributed by atoms with Gasteiger partial charge in [-0.25, -0.2) is 4.79 Å². The van der Waals surface area contributed by atoms with Crippen molar-refractivity contribution in [3.63, 3.8) is 0 Å². The van der Waals surface area contributed by atoms with Gasteiger partial charge in [0, 0.05) is 51.5 Å². The molecule has 0 saturated heterocycles. The summed E-state index contributed by atoms with van der Waals surface area (Å²) in [7, 11) is 3.78. The van der Waals surface area contributed by atoms with Gasteiger partial charge in [0.2, 0.25) is 0 Å². The van der Waals surface area contributed by atoms with Crippen LogP contribution < -0.4 is 10.6 Å². The third-order valence-corrected chi connectivity index (χ3v) is 4.25. The summed E-state index contributed by atoms with van der Waals surface area (Å²) in [5.41, 5.74) is 0.552. The van der Waals surface area contributed by atoms with Gasteiger partial charge in [-0.05, 0) is 45.2 Å². The first-order valence-electron chi connectivity index (χ1n) is 9.93. The number of aromatic nitrogens is 1. The van der Waals surface area contributed by atoms with E-state index in [-0.39, 0.29) is 12.1 Å². The normalized spacial score (nSPS) is 13.2. The summed E-state index contributed by atoms with van der Waals surface area (Å²) in [6.07, 6.45) is 3.07. The fraction of sp³-hybridized carbons (Fsp3) is 0.667. The quantitative estimate of drug-likeness (QED) is 0.526. The molecular weight excluding hydrogens is 354 g/mol. The van der Waals surface area contributed by atoms with Crippen LogP contribution in [-0.4, -0.2) is 60.8 Å². The molecule has 1 heterocycles. The van der Waals surface area contributed by atoms with Gasteiger partial charge in [0.25, 0.3) is 0 Å². The van der Waals surface area contributed by atoms with Crippen molar-refractivity contribution in [2.24, 2.45) is 10.9 Å². The van der Waals surface area contributed by atoms with E-state index in [1.165, 1.54) is 0 Å². The molecule has 0 bridgehead atoms. The predicted molar refractivity (Wildman–Crippen MR) is 115 cm³/mol. The van der Waals surface area contributed by atoms with Gasteiger partial charge in [-0.3, -0.25) is 9.98 Å². The number of nitrogens with one attached hydrogen (secondary N) is 2. The molecular formula is C21H37N5O2. The summed E-state index contributed by atoms with van der Waals surface area (Å²) in [5.74, 6) is 1.13. The highest BCUT2D eigenvalue weighted by Crippen LogP contribution is 2.11. The molecule has 2 N–H and O–H groups in total. The van der Waals surface area contributed by atoms with Crippen LogP contribution >= 0.6 is 0 Å². The van der Waals surface area contributed by atoms with Crippen molar-refractivity contribution in [1.29, 1.82) is 0 Å². The number of hydrogen-bond donors (Lipinski definition) is 2. The molecule has 1 atom stereocenters. The Morgan fingerprint density at radius 3 is 2.57 bits per heavy atom. The first kappa shape index (κ1) is 23.7. The Kier molecular flexibility index (Phi) is 9.76. The summed E-state index contributed by atoms with van der Waals surface area (Å²) in [6.45, 7) is 11.3. The van der Waals surface area contributed by atoms with Crippen molar-refractivity contribution >= 4 is 12.1 Å². The van der Waals surface area contributed by atoms with E-state index < -0.39 is 5.60 Å². The molecule has 0 radical (unpaired) electrons. The van der Waals surface area contributed by atoms with E-state index in [0.29, 0.717) is 5.92 Å². The van der Waals surface area contributed by atoms with Gasteiger partial charge in [-0.2, -0.15) is 0 Å². The van der Waals surface area contributed by atoms with Crippen LogP contribution in [0.4, 0.5) is 4.79 Å². The van der Waals surface area contributed by atoms with Crippen LogP contribution in [0.5, 0.6) is 0 Å². The van der Waals surface area contributed by atoms with Crippen molar-refractivity contribution in [2.45, 2.75) is 59.1 Å². The minimum absolute atomic E-state index is 0.0314. The zero-order valence-electron chi connectivity index (χ0n) is 18.5. The Balaban J connectivity index is 2.48. The Hall–Kier alpha value is -2.31. The highest BCUT2D eigenvalue weighted by atomic mass is 16.6. The summed E-state index contributed by atoms with van der Waals surface area (Å²) >= 11 is 0. The minimum Gasteiger partial charge on any atom is -0.444 e. The van der Waals surface area contributed by atoms with Crippen LogP contribution in [0.1, 0.15) is 46.7 Å². The van der Waals surface area contributed by atoms with E-state index in [1.54, 1.807) is 13.2 Å². The van der Waals surface area contributed by atoms with Crippen molar-refractivity contribution in [1.82, 2.24) is 20.5 Å². The molecule has 0 fully saturated rings. The lowest BCUT2D eigenvalue weighted by molar-refractivity contribution is 0.0486. The molecule has 1 aromatic rings. The second kappa shape index (κ2) is 11.5. The van der Waals surface area contributed by atoms with Gasteiger partial charge in [-0.1, -0.05) is 19.9 Å². The minimum atomic E-state index is -0.498. The number of rotatable bonds is 8. The molecule has 1 aromatic heterocycles. The van der Waals surface area contributed by atoms with E-state index in [0.717, 1.165) is 37.6 Å². The highest BCUT2D eigenvalue weighted by molar-refractivity contribution is 5.79. The van der Waals surface area contributed by atoms with E-state index >= 15 is 0 Å². The summed E-state index contributed by atoms with van der Waals surface area (Å²) in [4.78, 5) is 22.9. The number of hydrogen-bond acceptors (Lipinski definition) is 4. The van der Waals surface area contributed by atoms with Crippen molar-refractivity contribution < 1.29 is 9.53 Å². The number of aliphatic imine (C=N–C) groups is 1. The molecule has 1 rings (SSSR count). The summed E-state index contributed by atoms with van der Waals surface area (Å²) in [5, 5.41) is 6.36. The molecule has 0 aromatic carbocycles. The Morgan fingerprint density at radius 1 is 1.32 bits per heavy atom. The maximum Gasteiger partial charge on any atom is 0.407 e. The number of amides is 1. The Labute approximate surface area is 170 Å². The fourth-order valence-electron chi connectivity index (χ4n) is 2.70. The SMILES string of the molecule is CN=C(NCCc1ccccn1)N(C)CCC(NC(=O)OC(C)(C)C)C(C)C. The molecule has 1 amide bonds. The molecule has 1 unspecified atom stereocenters. The molecule has 0 aliphatic heterocycles. The zero-order chi connectivity index (χ0) is 21.2. The van der Waals surface area contributed by atoms with Crippen LogP contribution in [0.2, 0.25) is 0 Å². The van der Waals surface area contributed by atoms with Gasteiger partial charge >= 0.3 is 6.09 Å². The molecule has 7 heteroatoms. The molecule has 0 aliphatic carbocycles. The van der Waals surface area contributed by atoms with Gasteiger partial charge in [0.05, 0.1) is 0 Å². The molecule has 7 nitrogen and oxygen atoms in total. The highest BCUT2D eigenvalue weighted by Gasteiger charge is 2.22. The maximum absolute atomic E-state index is 12.1. The molecule has 0 saturated carbocycles. The Morgan fingerprint density at radius 2 is 2.04 bits per heavy atom. The lowest BCUT2D eigenvalue weighted by Crippen LogP contribution is -2.45. The van der Waals surface area contributed by atoms with E-state index in [2.05, 4.69) is 39.4 Å². The number of alkyl carbamates (subject to hydrolysis) is 1. The van der Waals surface area contributed by atoms with Gasteiger partial charge in [0.15, 0.2) is 5.96 Å². The Bertz CT molecular complexity index is 611. The average Bonchev–Trinajstić information content (AvgIpc) is 2.61. The number of guanidine groups is 1. The summed E-state index contributed by atoms with van der Waals surface area (Å²) < 4.78 is 5.38. The number of carbonyl (C=O) groups is 1. The first-order valence-corrected chi connectivity index (χ1v) is 9.93. The monoisotopic (exact) mass is 391 g/mol. The third kappa shape index (κ3) is 9.58. The second-order valence-electron chi connectivity index (χ2n) is 8.25. The molecule has 158 valence electrons.